The zero-order valence-electron chi connectivity index (χ0n) is 81.5. The molecule has 0 aliphatic rings. The van der Waals surface area contributed by atoms with Crippen molar-refractivity contribution in [2.24, 2.45) is 5.92 Å². The maximum absolute atomic E-state index is 14.4. The molecule has 0 aliphatic heterocycles. The molecule has 4 N–H and O–H groups in total. The summed E-state index contributed by atoms with van der Waals surface area (Å²) < 4.78 is 60.8. The van der Waals surface area contributed by atoms with E-state index in [9.17, 15) is 62.3 Å². The summed E-state index contributed by atoms with van der Waals surface area (Å²) in [6.07, 6.45) is 21.0. The molecule has 0 aromatic carbocycles. The molecule has 4 atom stereocenters. The van der Waals surface area contributed by atoms with E-state index in [-0.39, 0.29) is 57.6 Å². The molecule has 32 nitrogen and oxygen atoms in total. The summed E-state index contributed by atoms with van der Waals surface area (Å²) in [5.41, 5.74) is -4.49. The largest absolute Gasteiger partial charge is 0.462 e. The number of esters is 5. The van der Waals surface area contributed by atoms with Gasteiger partial charge in [0.25, 0.3) is 5.91 Å². The Hall–Kier alpha value is -8.09. The van der Waals surface area contributed by atoms with Gasteiger partial charge in [0.2, 0.25) is 12.0 Å². The lowest BCUT2D eigenvalue weighted by molar-refractivity contribution is -0.203. The number of carbonyl (C=O) groups excluding carboxylic acids is 13. The van der Waals surface area contributed by atoms with Gasteiger partial charge < -0.3 is 93.0 Å². The molecular formula is C93H170N8O24. The molecule has 32 heteroatoms. The van der Waals surface area contributed by atoms with Crippen LogP contribution in [0.3, 0.4) is 0 Å². The first kappa shape index (κ1) is 117. The van der Waals surface area contributed by atoms with Crippen LogP contribution in [0, 0.1) is 5.92 Å². The van der Waals surface area contributed by atoms with Crippen molar-refractivity contribution in [1.29, 1.82) is 0 Å². The third-order valence-electron chi connectivity index (χ3n) is 19.0. The zero-order valence-corrected chi connectivity index (χ0v) is 81.5. The normalized spacial score (nSPS) is 12.8. The van der Waals surface area contributed by atoms with Gasteiger partial charge in [0.15, 0.2) is 18.3 Å². The number of amides is 8. The van der Waals surface area contributed by atoms with Crippen LogP contribution in [0.2, 0.25) is 0 Å². The van der Waals surface area contributed by atoms with Crippen LogP contribution < -0.4 is 21.3 Å². The minimum atomic E-state index is -1.81. The van der Waals surface area contributed by atoms with Gasteiger partial charge in [-0.2, -0.15) is 0 Å². The Labute approximate surface area is 750 Å². The number of hydrogen-bond donors (Lipinski definition) is 4. The van der Waals surface area contributed by atoms with Crippen molar-refractivity contribution in [2.75, 3.05) is 85.1 Å². The fourth-order valence-corrected chi connectivity index (χ4v) is 13.4. The van der Waals surface area contributed by atoms with Crippen molar-refractivity contribution < 1.29 is 114 Å². The highest BCUT2D eigenvalue weighted by atomic mass is 16.6. The van der Waals surface area contributed by atoms with Crippen molar-refractivity contribution in [3.05, 3.63) is 0 Å². The van der Waals surface area contributed by atoms with Gasteiger partial charge in [-0.05, 0) is 195 Å². The van der Waals surface area contributed by atoms with Crippen molar-refractivity contribution in [3.63, 3.8) is 0 Å². The number of hydrogen-bond acceptors (Lipinski definition) is 24. The molecule has 125 heavy (non-hydrogen) atoms. The van der Waals surface area contributed by atoms with Crippen LogP contribution in [-0.4, -0.2) is 241 Å². The second-order valence-electron chi connectivity index (χ2n) is 38.8. The standard InChI is InChI=1S/C93H170N8O24/c1-70(102)115-69-76(116-71(2)103)78(117-72(3)104)79(118-73(4)105)80(119-74(5)106)81(108)95-58-48-43-40-38-36-34-32-30-28-26-24-25-27-29-31-33-35-37-39-41-46-56-77(107)94-57-47-44-42-45-55-75(67-100(86(113)124-92(18,19)20)63-51-49-61-98(84(111)122-90(12,13)14)65-53-59-96-82(109)120-88(6,7)8)68-101(87(114)125-93(21,22)23)64-52-50-62-99(85(112)123-91(15,16)17)66-54-60-97-83(110)121-89(9,10)11/h75-76,78-80H,24-69H2,1-23H3,(H,94,107)(H,95,108)(H,96,109)(H,97,110)/t76-,78-,79+,80-/m1/s1. The SMILES string of the molecule is CC(=O)OC[C@@H](OC(C)=O)[C@@H](OC(C)=O)[C@H](OC(C)=O)[C@@H](OC(C)=O)C(=O)NCCCCCCCCCCCCCCCCCCCCCCCC(=O)NCCCCCCC(CN(CCCCN(CCCNC(=O)OC(C)(C)C)C(=O)OC(C)(C)C)C(=O)OC(C)(C)C)CN(CCCCN(CCCNC(=O)OC(C)(C)C)C(=O)OC(C)(C)C)C(=O)OC(C)(C)C. The maximum atomic E-state index is 14.4. The van der Waals surface area contributed by atoms with Gasteiger partial charge in [-0.25, -0.2) is 28.8 Å². The van der Waals surface area contributed by atoms with E-state index in [0.717, 1.165) is 112 Å². The van der Waals surface area contributed by atoms with Gasteiger partial charge in [-0.1, -0.05) is 141 Å². The van der Waals surface area contributed by atoms with E-state index in [0.29, 0.717) is 90.5 Å². The Bertz CT molecular complexity index is 3000. The smallest absolute Gasteiger partial charge is 0.410 e. The molecule has 8 amide bonds. The maximum Gasteiger partial charge on any atom is 0.410 e. The van der Waals surface area contributed by atoms with Gasteiger partial charge in [0.1, 0.15) is 40.2 Å². The molecule has 0 bridgehead atoms. The van der Waals surface area contributed by atoms with E-state index in [4.69, 9.17) is 52.1 Å². The van der Waals surface area contributed by atoms with Crippen LogP contribution in [0.25, 0.3) is 0 Å². The molecule has 0 saturated carbocycles. The second-order valence-corrected chi connectivity index (χ2v) is 38.8. The third kappa shape index (κ3) is 68.7. The Kier molecular flexibility index (Phi) is 59.7. The Morgan fingerprint density at radius 1 is 0.272 bits per heavy atom. The van der Waals surface area contributed by atoms with Crippen LogP contribution in [-0.2, 0) is 85.7 Å². The molecule has 0 fully saturated rings. The molecule has 0 unspecified atom stereocenters. The van der Waals surface area contributed by atoms with Crippen LogP contribution in [0.4, 0.5) is 28.8 Å². The molecule has 0 spiro atoms. The fourth-order valence-electron chi connectivity index (χ4n) is 13.4. The highest BCUT2D eigenvalue weighted by Crippen LogP contribution is 2.26. The quantitative estimate of drug-likeness (QED) is 0.0250. The summed E-state index contributed by atoms with van der Waals surface area (Å²) in [6.45, 7) is 40.7. The fraction of sp³-hybridized carbons (Fsp3) is 0.860. The number of rotatable bonds is 63. The van der Waals surface area contributed by atoms with E-state index in [1.165, 1.54) is 77.0 Å². The summed E-state index contributed by atoms with van der Waals surface area (Å²) in [5, 5.41) is 11.4. The molecule has 0 aromatic rings. The summed E-state index contributed by atoms with van der Waals surface area (Å²) >= 11 is 0. The third-order valence-corrected chi connectivity index (χ3v) is 19.0. The monoisotopic (exact) mass is 1780 g/mol. The molecular weight excluding hydrogens is 1610 g/mol. The first-order chi connectivity index (χ1) is 58.2. The predicted molar refractivity (Wildman–Crippen MR) is 480 cm³/mol. The number of unbranched alkanes of at least 4 members (excludes halogenated alkanes) is 25. The van der Waals surface area contributed by atoms with Crippen LogP contribution in [0.5, 0.6) is 0 Å². The predicted octanol–water partition coefficient (Wildman–Crippen LogP) is 18.0. The average molecular weight is 1780 g/mol. The molecule has 0 saturated heterocycles. The lowest BCUT2D eigenvalue weighted by atomic mass is 9.98. The molecule has 0 heterocycles. The highest BCUT2D eigenvalue weighted by Gasteiger charge is 2.47. The summed E-state index contributed by atoms with van der Waals surface area (Å²) in [5.74, 6) is -5.31. The minimum absolute atomic E-state index is 0.0649. The van der Waals surface area contributed by atoms with E-state index in [2.05, 4.69) is 21.3 Å². The Balaban J connectivity index is 5.52. The van der Waals surface area contributed by atoms with Gasteiger partial charge in [-0.3, -0.25) is 33.6 Å². The van der Waals surface area contributed by atoms with Crippen LogP contribution >= 0.6 is 0 Å². The van der Waals surface area contributed by atoms with Gasteiger partial charge in [0, 0.05) is 120 Å². The highest BCUT2D eigenvalue weighted by molar-refractivity contribution is 5.85. The lowest BCUT2D eigenvalue weighted by Crippen LogP contribution is -2.57. The summed E-state index contributed by atoms with van der Waals surface area (Å²) in [6, 6.07) is 0. The number of ether oxygens (including phenoxy) is 11. The van der Waals surface area contributed by atoms with Gasteiger partial charge in [-0.15, -0.1) is 0 Å². The first-order valence-electron chi connectivity index (χ1n) is 46.5. The number of nitrogens with zero attached hydrogens (tertiary/aromatic N) is 4. The van der Waals surface area contributed by atoms with Crippen LogP contribution in [0.15, 0.2) is 0 Å². The molecule has 0 aliphatic carbocycles. The Morgan fingerprint density at radius 2 is 0.552 bits per heavy atom. The minimum Gasteiger partial charge on any atom is -0.462 e. The van der Waals surface area contributed by atoms with E-state index in [1.54, 1.807) is 103 Å². The Morgan fingerprint density at radius 3 is 0.880 bits per heavy atom. The van der Waals surface area contributed by atoms with E-state index >= 15 is 0 Å². The van der Waals surface area contributed by atoms with Gasteiger partial charge >= 0.3 is 66.4 Å². The average Bonchev–Trinajstić information content (AvgIpc) is 0.813. The molecule has 0 aromatic heterocycles. The van der Waals surface area contributed by atoms with Crippen molar-refractivity contribution in [3.8, 4) is 0 Å². The summed E-state index contributed by atoms with van der Waals surface area (Å²) in [4.78, 5) is 174. The lowest BCUT2D eigenvalue weighted by Gasteiger charge is -2.34. The summed E-state index contributed by atoms with van der Waals surface area (Å²) in [7, 11) is 0. The van der Waals surface area contributed by atoms with Crippen molar-refractivity contribution >= 4 is 78.2 Å². The van der Waals surface area contributed by atoms with Crippen molar-refractivity contribution in [1.82, 2.24) is 40.9 Å². The second kappa shape index (κ2) is 63.8. The number of carbonyl (C=O) groups is 13. The van der Waals surface area contributed by atoms with Crippen molar-refractivity contribution in [2.45, 2.75) is 429 Å². The zero-order chi connectivity index (χ0) is 94.8. The number of alkyl carbamates (subject to hydrolysis) is 2. The molecule has 726 valence electrons. The molecule has 0 radical (unpaired) electrons. The topological polar surface area (TPSA) is 385 Å². The molecule has 0 rings (SSSR count). The first-order valence-corrected chi connectivity index (χ1v) is 46.5. The van der Waals surface area contributed by atoms with E-state index in [1.807, 2.05) is 41.5 Å². The van der Waals surface area contributed by atoms with Gasteiger partial charge in [0.05, 0.1) is 0 Å². The van der Waals surface area contributed by atoms with Crippen LogP contribution in [0.1, 0.15) is 371 Å². The van der Waals surface area contributed by atoms with E-state index < -0.39 is 137 Å². The number of nitrogens with one attached hydrogen (secondary N) is 4.